The Morgan fingerprint density at radius 3 is 2.60 bits per heavy atom. The van der Waals surface area contributed by atoms with E-state index in [2.05, 4.69) is 27.7 Å². The van der Waals surface area contributed by atoms with Crippen LogP contribution in [-0.2, 0) is 13.1 Å². The van der Waals surface area contributed by atoms with Crippen LogP contribution in [0.3, 0.4) is 0 Å². The third kappa shape index (κ3) is 1.96. The molecular formula is C15H17N5. The molecule has 0 saturated carbocycles. The van der Waals surface area contributed by atoms with Crippen LogP contribution in [0.25, 0.3) is 22.4 Å². The van der Waals surface area contributed by atoms with Crippen LogP contribution in [-0.4, -0.2) is 19.5 Å². The average molecular weight is 267 g/mol. The van der Waals surface area contributed by atoms with Crippen LogP contribution in [0.5, 0.6) is 0 Å². The van der Waals surface area contributed by atoms with Gasteiger partial charge in [-0.3, -0.25) is 4.98 Å². The lowest BCUT2D eigenvalue weighted by atomic mass is 10.2. The Bertz CT molecular complexity index is 746. The molecule has 3 aromatic heterocycles. The molecule has 0 amide bonds. The number of rotatable bonds is 3. The molecule has 0 aliphatic carbocycles. The fraction of sp³-hybridized carbons (Fsp3) is 0.267. The van der Waals surface area contributed by atoms with E-state index in [1.165, 1.54) is 0 Å². The largest absolute Gasteiger partial charge is 0.332 e. The molecule has 0 spiro atoms. The first-order chi connectivity index (χ1) is 9.74. The molecule has 3 aromatic rings. The molecule has 0 aliphatic rings. The van der Waals surface area contributed by atoms with Gasteiger partial charge in [0.15, 0.2) is 5.82 Å². The zero-order valence-electron chi connectivity index (χ0n) is 11.7. The van der Waals surface area contributed by atoms with Crippen molar-refractivity contribution in [3.8, 4) is 11.4 Å². The molecule has 3 rings (SSSR count). The highest BCUT2D eigenvalue weighted by atomic mass is 15.1. The van der Waals surface area contributed by atoms with Crippen LogP contribution in [0.1, 0.15) is 18.2 Å². The topological polar surface area (TPSA) is 69.6 Å². The Hall–Kier alpha value is -2.27. The number of hydrogen-bond donors (Lipinski definition) is 1. The van der Waals surface area contributed by atoms with Crippen LogP contribution in [0.4, 0.5) is 0 Å². The van der Waals surface area contributed by atoms with Crippen molar-refractivity contribution in [3.05, 3.63) is 42.0 Å². The zero-order valence-corrected chi connectivity index (χ0v) is 11.7. The van der Waals surface area contributed by atoms with Gasteiger partial charge in [0, 0.05) is 42.6 Å². The molecule has 0 aliphatic heterocycles. The third-order valence-corrected chi connectivity index (χ3v) is 3.47. The summed E-state index contributed by atoms with van der Waals surface area (Å²) in [5.74, 6) is 0.730. The van der Waals surface area contributed by atoms with Gasteiger partial charge in [-0.05, 0) is 31.5 Å². The molecule has 20 heavy (non-hydrogen) atoms. The summed E-state index contributed by atoms with van der Waals surface area (Å²) in [7, 11) is 0. The molecule has 0 fully saturated rings. The molecule has 5 nitrogen and oxygen atoms in total. The zero-order chi connectivity index (χ0) is 14.1. The van der Waals surface area contributed by atoms with E-state index < -0.39 is 0 Å². The van der Waals surface area contributed by atoms with Gasteiger partial charge >= 0.3 is 0 Å². The summed E-state index contributed by atoms with van der Waals surface area (Å²) in [6, 6.07) is 3.84. The lowest BCUT2D eigenvalue weighted by Gasteiger charge is -2.05. The minimum atomic E-state index is 0.502. The molecule has 2 N–H and O–H groups in total. The highest BCUT2D eigenvalue weighted by Gasteiger charge is 2.14. The monoisotopic (exact) mass is 267 g/mol. The first-order valence-corrected chi connectivity index (χ1v) is 6.71. The molecule has 0 saturated heterocycles. The van der Waals surface area contributed by atoms with E-state index in [1.54, 1.807) is 12.4 Å². The molecule has 0 unspecified atom stereocenters. The molecule has 0 atom stereocenters. The van der Waals surface area contributed by atoms with E-state index >= 15 is 0 Å². The van der Waals surface area contributed by atoms with E-state index in [0.29, 0.717) is 6.54 Å². The first kappa shape index (κ1) is 12.7. The second-order valence-corrected chi connectivity index (χ2v) is 4.71. The van der Waals surface area contributed by atoms with Crippen LogP contribution >= 0.6 is 0 Å². The smallest absolute Gasteiger partial charge is 0.161 e. The summed E-state index contributed by atoms with van der Waals surface area (Å²) in [4.78, 5) is 13.4. The maximum absolute atomic E-state index is 5.82. The maximum atomic E-state index is 5.82. The fourth-order valence-corrected chi connectivity index (χ4v) is 2.48. The lowest BCUT2D eigenvalue weighted by molar-refractivity contribution is 0.782. The normalized spacial score (nSPS) is 11.2. The minimum Gasteiger partial charge on any atom is -0.332 e. The van der Waals surface area contributed by atoms with Crippen molar-refractivity contribution in [2.75, 3.05) is 0 Å². The van der Waals surface area contributed by atoms with E-state index in [9.17, 15) is 0 Å². The number of nitrogens with two attached hydrogens (primary N) is 1. The minimum absolute atomic E-state index is 0.502. The van der Waals surface area contributed by atoms with Crippen molar-refractivity contribution >= 4 is 11.0 Å². The summed E-state index contributed by atoms with van der Waals surface area (Å²) in [5.41, 5.74) is 9.82. The Morgan fingerprint density at radius 2 is 1.95 bits per heavy atom. The van der Waals surface area contributed by atoms with Crippen LogP contribution in [0, 0.1) is 6.92 Å². The fourth-order valence-electron chi connectivity index (χ4n) is 2.48. The number of aromatic nitrogens is 4. The van der Waals surface area contributed by atoms with Gasteiger partial charge in [0.1, 0.15) is 5.65 Å². The molecule has 0 aromatic carbocycles. The Morgan fingerprint density at radius 1 is 1.20 bits per heavy atom. The summed E-state index contributed by atoms with van der Waals surface area (Å²) in [5, 5.41) is 1.08. The van der Waals surface area contributed by atoms with Crippen LogP contribution in [0.15, 0.2) is 30.7 Å². The summed E-state index contributed by atoms with van der Waals surface area (Å²) >= 11 is 0. The number of fused-ring (bicyclic) bond motifs is 1. The summed E-state index contributed by atoms with van der Waals surface area (Å²) in [6.07, 6.45) is 5.58. The van der Waals surface area contributed by atoms with Gasteiger partial charge < -0.3 is 10.3 Å². The van der Waals surface area contributed by atoms with Crippen LogP contribution < -0.4 is 5.73 Å². The first-order valence-electron chi connectivity index (χ1n) is 6.71. The van der Waals surface area contributed by atoms with Crippen molar-refractivity contribution in [1.82, 2.24) is 19.5 Å². The second kappa shape index (κ2) is 5.02. The summed E-state index contributed by atoms with van der Waals surface area (Å²) in [6.45, 7) is 5.47. The number of aryl methyl sites for hydroxylation is 2. The highest BCUT2D eigenvalue weighted by Crippen LogP contribution is 2.25. The van der Waals surface area contributed by atoms with Gasteiger partial charge in [0.2, 0.25) is 0 Å². The molecule has 5 heteroatoms. The van der Waals surface area contributed by atoms with Gasteiger partial charge in [-0.1, -0.05) is 0 Å². The second-order valence-electron chi connectivity index (χ2n) is 4.71. The van der Waals surface area contributed by atoms with E-state index in [-0.39, 0.29) is 0 Å². The quantitative estimate of drug-likeness (QED) is 0.790. The van der Waals surface area contributed by atoms with Crippen LogP contribution in [0.2, 0.25) is 0 Å². The predicted octanol–water partition coefficient (Wildman–Crippen LogP) is 2.28. The highest BCUT2D eigenvalue weighted by molar-refractivity contribution is 5.84. The van der Waals surface area contributed by atoms with Gasteiger partial charge in [-0.25, -0.2) is 9.97 Å². The Kier molecular flexibility index (Phi) is 3.20. The number of hydrogen-bond acceptors (Lipinski definition) is 4. The van der Waals surface area contributed by atoms with Crippen molar-refractivity contribution in [1.29, 1.82) is 0 Å². The van der Waals surface area contributed by atoms with Gasteiger partial charge in [-0.2, -0.15) is 0 Å². The third-order valence-electron chi connectivity index (χ3n) is 3.47. The van der Waals surface area contributed by atoms with Gasteiger partial charge in [-0.15, -0.1) is 0 Å². The molecule has 0 radical (unpaired) electrons. The lowest BCUT2D eigenvalue weighted by Crippen LogP contribution is -1.99. The standard InChI is InChI=1S/C15H17N5/c1-3-20-9-12(8-16)13-10(2)18-14(19-15(13)20)11-4-6-17-7-5-11/h4-7,9H,3,8,16H2,1-2H3. The molecular weight excluding hydrogens is 250 g/mol. The van der Waals surface area contributed by atoms with Gasteiger partial charge in [0.25, 0.3) is 0 Å². The SMILES string of the molecule is CCn1cc(CN)c2c(C)nc(-c3ccncc3)nc21. The molecule has 0 bridgehead atoms. The van der Waals surface area contributed by atoms with Gasteiger partial charge in [0.05, 0.1) is 5.69 Å². The Labute approximate surface area is 117 Å². The molecule has 3 heterocycles. The van der Waals surface area contributed by atoms with Crippen molar-refractivity contribution in [3.63, 3.8) is 0 Å². The van der Waals surface area contributed by atoms with E-state index in [4.69, 9.17) is 10.7 Å². The summed E-state index contributed by atoms with van der Waals surface area (Å²) < 4.78 is 2.12. The predicted molar refractivity (Wildman–Crippen MR) is 79.1 cm³/mol. The molecule has 102 valence electrons. The van der Waals surface area contributed by atoms with Crippen molar-refractivity contribution < 1.29 is 0 Å². The number of nitrogens with zero attached hydrogens (tertiary/aromatic N) is 4. The van der Waals surface area contributed by atoms with Crippen molar-refractivity contribution in [2.24, 2.45) is 5.73 Å². The van der Waals surface area contributed by atoms with Crippen molar-refractivity contribution in [2.45, 2.75) is 26.9 Å². The maximum Gasteiger partial charge on any atom is 0.161 e. The Balaban J connectivity index is 2.28. The number of pyridine rings is 1. The van der Waals surface area contributed by atoms with E-state index in [1.807, 2.05) is 19.1 Å². The van der Waals surface area contributed by atoms with E-state index in [0.717, 1.165) is 40.2 Å². The average Bonchev–Trinajstić information content (AvgIpc) is 2.86.